The summed E-state index contributed by atoms with van der Waals surface area (Å²) in [5, 5.41) is 3.78. The Balaban J connectivity index is 2.34. The smallest absolute Gasteiger partial charge is 0.332 e. The summed E-state index contributed by atoms with van der Waals surface area (Å²) in [6.45, 7) is 1.96. The molecule has 0 radical (unpaired) electrons. The summed E-state index contributed by atoms with van der Waals surface area (Å²) in [6, 6.07) is 14.4. The van der Waals surface area contributed by atoms with Gasteiger partial charge in [-0.3, -0.25) is 0 Å². The molecular formula is C16H16ClNO2. The standard InChI is InChI=1S/C16H16ClNO2/c1-11-6-3-4-9-14(11)15(16(19)20-2)18-13-8-5-7-12(17)10-13/h3-10,15,18H,1-2H3. The molecule has 0 aliphatic rings. The zero-order valence-electron chi connectivity index (χ0n) is 11.4. The monoisotopic (exact) mass is 289 g/mol. The number of carbonyl (C=O) groups is 1. The van der Waals surface area contributed by atoms with E-state index in [4.69, 9.17) is 16.3 Å². The van der Waals surface area contributed by atoms with Gasteiger partial charge in [0.1, 0.15) is 0 Å². The number of ether oxygens (including phenoxy) is 1. The van der Waals surface area contributed by atoms with E-state index in [1.807, 2.05) is 43.3 Å². The average Bonchev–Trinajstić information content (AvgIpc) is 2.45. The second-order valence-corrected chi connectivity index (χ2v) is 4.90. The first-order chi connectivity index (χ1) is 9.61. The van der Waals surface area contributed by atoms with Gasteiger partial charge in [0, 0.05) is 10.7 Å². The molecule has 2 aromatic rings. The molecule has 1 atom stereocenters. The predicted molar refractivity (Wildman–Crippen MR) is 81.0 cm³/mol. The van der Waals surface area contributed by atoms with Gasteiger partial charge in [0.15, 0.2) is 6.04 Å². The van der Waals surface area contributed by atoms with Crippen LogP contribution in [-0.4, -0.2) is 13.1 Å². The molecule has 0 amide bonds. The number of nitrogens with one attached hydrogen (secondary N) is 1. The molecule has 0 bridgehead atoms. The average molecular weight is 290 g/mol. The lowest BCUT2D eigenvalue weighted by atomic mass is 10.0. The fraction of sp³-hybridized carbons (Fsp3) is 0.188. The summed E-state index contributed by atoms with van der Waals surface area (Å²) in [7, 11) is 1.38. The molecule has 1 N–H and O–H groups in total. The number of carbonyl (C=O) groups excluding carboxylic acids is 1. The van der Waals surface area contributed by atoms with Gasteiger partial charge in [-0.05, 0) is 36.2 Å². The van der Waals surface area contributed by atoms with Gasteiger partial charge in [-0.1, -0.05) is 41.9 Å². The van der Waals surface area contributed by atoms with E-state index in [9.17, 15) is 4.79 Å². The van der Waals surface area contributed by atoms with E-state index in [0.29, 0.717) is 5.02 Å². The maximum absolute atomic E-state index is 12.0. The molecule has 0 heterocycles. The van der Waals surface area contributed by atoms with Gasteiger partial charge in [0.05, 0.1) is 7.11 Å². The SMILES string of the molecule is COC(=O)C(Nc1cccc(Cl)c1)c1ccccc1C. The highest BCUT2D eigenvalue weighted by molar-refractivity contribution is 6.30. The van der Waals surface area contributed by atoms with Gasteiger partial charge in [-0.25, -0.2) is 4.79 Å². The number of aryl methyl sites for hydroxylation is 1. The van der Waals surface area contributed by atoms with Gasteiger partial charge < -0.3 is 10.1 Å². The second kappa shape index (κ2) is 6.44. The van der Waals surface area contributed by atoms with Gasteiger partial charge in [-0.15, -0.1) is 0 Å². The molecule has 20 heavy (non-hydrogen) atoms. The van der Waals surface area contributed by atoms with Crippen LogP contribution in [0.4, 0.5) is 5.69 Å². The molecular weight excluding hydrogens is 274 g/mol. The summed E-state index contributed by atoms with van der Waals surface area (Å²) in [5.41, 5.74) is 2.69. The second-order valence-electron chi connectivity index (χ2n) is 4.47. The molecule has 0 aliphatic heterocycles. The topological polar surface area (TPSA) is 38.3 Å². The molecule has 2 rings (SSSR count). The van der Waals surface area contributed by atoms with Crippen LogP contribution >= 0.6 is 11.6 Å². The van der Waals surface area contributed by atoms with Crippen molar-refractivity contribution < 1.29 is 9.53 Å². The predicted octanol–water partition coefficient (Wildman–Crippen LogP) is 3.97. The molecule has 0 aromatic heterocycles. The first kappa shape index (κ1) is 14.4. The van der Waals surface area contributed by atoms with E-state index >= 15 is 0 Å². The van der Waals surface area contributed by atoms with Crippen molar-refractivity contribution in [2.24, 2.45) is 0 Å². The van der Waals surface area contributed by atoms with Crippen molar-refractivity contribution in [2.45, 2.75) is 13.0 Å². The Hall–Kier alpha value is -2.00. The number of hydrogen-bond donors (Lipinski definition) is 1. The van der Waals surface area contributed by atoms with Crippen molar-refractivity contribution in [3.8, 4) is 0 Å². The van der Waals surface area contributed by atoms with Gasteiger partial charge in [-0.2, -0.15) is 0 Å². The van der Waals surface area contributed by atoms with E-state index in [0.717, 1.165) is 16.8 Å². The normalized spacial score (nSPS) is 11.8. The third-order valence-electron chi connectivity index (χ3n) is 3.07. The number of halogens is 1. The summed E-state index contributed by atoms with van der Waals surface area (Å²) in [4.78, 5) is 12.0. The van der Waals surface area contributed by atoms with Crippen LogP contribution in [0.15, 0.2) is 48.5 Å². The van der Waals surface area contributed by atoms with E-state index < -0.39 is 6.04 Å². The van der Waals surface area contributed by atoms with Crippen molar-refractivity contribution >= 4 is 23.3 Å². The maximum atomic E-state index is 12.0. The van der Waals surface area contributed by atoms with Crippen LogP contribution < -0.4 is 5.32 Å². The zero-order chi connectivity index (χ0) is 14.5. The highest BCUT2D eigenvalue weighted by atomic mass is 35.5. The minimum Gasteiger partial charge on any atom is -0.467 e. The summed E-state index contributed by atoms with van der Waals surface area (Å²) in [5.74, 6) is -0.334. The number of rotatable bonds is 4. The Bertz CT molecular complexity index is 613. The van der Waals surface area contributed by atoms with Crippen LogP contribution in [0.2, 0.25) is 5.02 Å². The largest absolute Gasteiger partial charge is 0.467 e. The van der Waals surface area contributed by atoms with Crippen molar-refractivity contribution in [1.82, 2.24) is 0 Å². The number of esters is 1. The maximum Gasteiger partial charge on any atom is 0.332 e. The quantitative estimate of drug-likeness (QED) is 0.866. The summed E-state index contributed by atoms with van der Waals surface area (Å²) >= 11 is 5.96. The van der Waals surface area contributed by atoms with Crippen LogP contribution in [-0.2, 0) is 9.53 Å². The van der Waals surface area contributed by atoms with Crippen molar-refractivity contribution in [1.29, 1.82) is 0 Å². The first-order valence-corrected chi connectivity index (χ1v) is 6.65. The van der Waals surface area contributed by atoms with Crippen LogP contribution in [0.1, 0.15) is 17.2 Å². The minimum absolute atomic E-state index is 0.334. The zero-order valence-corrected chi connectivity index (χ0v) is 12.1. The van der Waals surface area contributed by atoms with Crippen LogP contribution in [0.25, 0.3) is 0 Å². The molecule has 0 saturated carbocycles. The van der Waals surface area contributed by atoms with E-state index in [1.165, 1.54) is 7.11 Å². The Morgan fingerprint density at radius 2 is 1.95 bits per heavy atom. The van der Waals surface area contributed by atoms with Crippen molar-refractivity contribution in [2.75, 3.05) is 12.4 Å². The third kappa shape index (κ3) is 3.31. The molecule has 104 valence electrons. The third-order valence-corrected chi connectivity index (χ3v) is 3.31. The van der Waals surface area contributed by atoms with E-state index in [1.54, 1.807) is 12.1 Å². The Morgan fingerprint density at radius 1 is 1.20 bits per heavy atom. The molecule has 0 saturated heterocycles. The number of anilines is 1. The Kier molecular flexibility index (Phi) is 4.64. The minimum atomic E-state index is -0.556. The van der Waals surface area contributed by atoms with Crippen molar-refractivity contribution in [3.63, 3.8) is 0 Å². The fourth-order valence-electron chi connectivity index (χ4n) is 2.04. The fourth-order valence-corrected chi connectivity index (χ4v) is 2.23. The lowest BCUT2D eigenvalue weighted by Gasteiger charge is -2.20. The Labute approximate surface area is 123 Å². The molecule has 4 heteroatoms. The van der Waals surface area contributed by atoms with Gasteiger partial charge >= 0.3 is 5.97 Å². The Morgan fingerprint density at radius 3 is 2.60 bits per heavy atom. The van der Waals surface area contributed by atoms with Crippen LogP contribution in [0, 0.1) is 6.92 Å². The lowest BCUT2D eigenvalue weighted by molar-refractivity contribution is -0.141. The molecule has 0 aliphatic carbocycles. The van der Waals surface area contributed by atoms with E-state index in [-0.39, 0.29) is 5.97 Å². The summed E-state index contributed by atoms with van der Waals surface area (Å²) in [6.07, 6.45) is 0. The first-order valence-electron chi connectivity index (χ1n) is 6.27. The lowest BCUT2D eigenvalue weighted by Crippen LogP contribution is -2.23. The molecule has 0 spiro atoms. The van der Waals surface area contributed by atoms with Gasteiger partial charge in [0.25, 0.3) is 0 Å². The highest BCUT2D eigenvalue weighted by Gasteiger charge is 2.22. The number of benzene rings is 2. The summed E-state index contributed by atoms with van der Waals surface area (Å²) < 4.78 is 4.89. The van der Waals surface area contributed by atoms with Crippen LogP contribution in [0.3, 0.4) is 0 Å². The van der Waals surface area contributed by atoms with Gasteiger partial charge in [0.2, 0.25) is 0 Å². The van der Waals surface area contributed by atoms with Crippen molar-refractivity contribution in [3.05, 3.63) is 64.7 Å². The molecule has 3 nitrogen and oxygen atoms in total. The molecule has 0 fully saturated rings. The molecule has 1 unspecified atom stereocenters. The van der Waals surface area contributed by atoms with Crippen LogP contribution in [0.5, 0.6) is 0 Å². The number of methoxy groups -OCH3 is 1. The van der Waals surface area contributed by atoms with E-state index in [2.05, 4.69) is 5.32 Å². The number of hydrogen-bond acceptors (Lipinski definition) is 3. The highest BCUT2D eigenvalue weighted by Crippen LogP contribution is 2.25. The molecule has 2 aromatic carbocycles.